The number of carboxylic acids is 1. The van der Waals surface area contributed by atoms with Gasteiger partial charge in [-0.05, 0) is 5.56 Å². The van der Waals surface area contributed by atoms with Crippen molar-refractivity contribution in [3.8, 4) is 12.3 Å². The van der Waals surface area contributed by atoms with Gasteiger partial charge in [0.05, 0.1) is 0 Å². The fraction of sp³-hybridized carbons (Fsp3) is 0.182. The summed E-state index contributed by atoms with van der Waals surface area (Å²) in [6, 6.07) is 9.06. The molecular formula is C11H11NO2. The fourth-order valence-electron chi connectivity index (χ4n) is 1.11. The summed E-state index contributed by atoms with van der Waals surface area (Å²) >= 11 is 0. The maximum atomic E-state index is 10.8. The number of hydrogen-bond acceptors (Lipinski definition) is 2. The summed E-state index contributed by atoms with van der Waals surface area (Å²) in [7, 11) is 0. The van der Waals surface area contributed by atoms with Crippen molar-refractivity contribution < 1.29 is 9.90 Å². The molecule has 1 rings (SSSR count). The molecule has 14 heavy (non-hydrogen) atoms. The summed E-state index contributed by atoms with van der Waals surface area (Å²) in [5, 5.41) is 8.83. The van der Waals surface area contributed by atoms with Crippen LogP contribution in [-0.2, 0) is 11.2 Å². The van der Waals surface area contributed by atoms with Crippen molar-refractivity contribution >= 4 is 5.97 Å². The van der Waals surface area contributed by atoms with Crippen molar-refractivity contribution in [1.29, 1.82) is 0 Å². The minimum atomic E-state index is -1.61. The van der Waals surface area contributed by atoms with Gasteiger partial charge in [-0.2, -0.15) is 0 Å². The summed E-state index contributed by atoms with van der Waals surface area (Å²) in [6.45, 7) is 0. The lowest BCUT2D eigenvalue weighted by Gasteiger charge is -2.17. The van der Waals surface area contributed by atoms with E-state index in [0.29, 0.717) is 0 Å². The number of terminal acetylenes is 1. The molecule has 0 bridgehead atoms. The van der Waals surface area contributed by atoms with Crippen LogP contribution >= 0.6 is 0 Å². The predicted molar refractivity (Wildman–Crippen MR) is 53.5 cm³/mol. The quantitative estimate of drug-likeness (QED) is 0.686. The zero-order valence-electron chi connectivity index (χ0n) is 7.60. The first-order valence-electron chi connectivity index (χ1n) is 4.12. The van der Waals surface area contributed by atoms with Gasteiger partial charge in [0, 0.05) is 6.42 Å². The lowest BCUT2D eigenvalue weighted by atomic mass is 9.93. The van der Waals surface area contributed by atoms with Crippen LogP contribution in [0.4, 0.5) is 0 Å². The van der Waals surface area contributed by atoms with E-state index in [2.05, 4.69) is 5.92 Å². The smallest absolute Gasteiger partial charge is 0.336 e. The highest BCUT2D eigenvalue weighted by Crippen LogP contribution is 2.10. The van der Waals surface area contributed by atoms with Gasteiger partial charge in [0.2, 0.25) is 0 Å². The molecule has 1 aromatic rings. The Balaban J connectivity index is 2.88. The van der Waals surface area contributed by atoms with Crippen molar-refractivity contribution in [3.05, 3.63) is 35.9 Å². The molecule has 0 spiro atoms. The zero-order valence-corrected chi connectivity index (χ0v) is 7.60. The molecule has 3 nitrogen and oxygen atoms in total. The molecule has 1 unspecified atom stereocenters. The molecule has 0 aromatic heterocycles. The van der Waals surface area contributed by atoms with Crippen LogP contribution in [0, 0.1) is 12.3 Å². The first kappa shape index (κ1) is 10.3. The van der Waals surface area contributed by atoms with Crippen molar-refractivity contribution in [3.63, 3.8) is 0 Å². The zero-order chi connectivity index (χ0) is 10.6. The van der Waals surface area contributed by atoms with E-state index in [4.69, 9.17) is 17.3 Å². The summed E-state index contributed by atoms with van der Waals surface area (Å²) in [5.74, 6) is 0.928. The van der Waals surface area contributed by atoms with Crippen LogP contribution in [0.15, 0.2) is 30.3 Å². The summed E-state index contributed by atoms with van der Waals surface area (Å²) in [5.41, 5.74) is 4.74. The number of rotatable bonds is 3. The van der Waals surface area contributed by atoms with Crippen LogP contribution in [0.1, 0.15) is 5.56 Å². The summed E-state index contributed by atoms with van der Waals surface area (Å²) in [6.07, 6.45) is 5.24. The van der Waals surface area contributed by atoms with Crippen LogP contribution in [0.3, 0.4) is 0 Å². The molecule has 0 aliphatic heterocycles. The van der Waals surface area contributed by atoms with Crippen LogP contribution in [0.25, 0.3) is 0 Å². The molecule has 1 atom stereocenters. The Morgan fingerprint density at radius 1 is 1.50 bits per heavy atom. The second-order valence-electron chi connectivity index (χ2n) is 3.08. The molecule has 1 aromatic carbocycles. The van der Waals surface area contributed by atoms with Crippen LogP contribution in [-0.4, -0.2) is 16.6 Å². The van der Waals surface area contributed by atoms with Gasteiger partial charge in [0.25, 0.3) is 0 Å². The molecule has 0 radical (unpaired) electrons. The third-order valence-electron chi connectivity index (χ3n) is 1.96. The second kappa shape index (κ2) is 3.95. The second-order valence-corrected chi connectivity index (χ2v) is 3.08. The van der Waals surface area contributed by atoms with E-state index >= 15 is 0 Å². The third kappa shape index (κ3) is 2.12. The largest absolute Gasteiger partial charge is 0.479 e. The van der Waals surface area contributed by atoms with E-state index in [1.165, 1.54) is 0 Å². The van der Waals surface area contributed by atoms with Gasteiger partial charge in [-0.3, -0.25) is 0 Å². The topological polar surface area (TPSA) is 63.3 Å². The fourth-order valence-corrected chi connectivity index (χ4v) is 1.11. The molecule has 0 aliphatic carbocycles. The van der Waals surface area contributed by atoms with E-state index in [-0.39, 0.29) is 6.42 Å². The standard InChI is InChI=1S/C11H11NO2/c1-2-11(12,10(13)14)8-9-6-4-3-5-7-9/h1,3-7H,8,12H2,(H,13,14). The third-order valence-corrected chi connectivity index (χ3v) is 1.96. The first-order chi connectivity index (χ1) is 6.58. The molecule has 0 saturated heterocycles. The van der Waals surface area contributed by atoms with Crippen molar-refractivity contribution in [2.24, 2.45) is 5.73 Å². The van der Waals surface area contributed by atoms with Gasteiger partial charge in [-0.15, -0.1) is 6.42 Å². The molecular weight excluding hydrogens is 178 g/mol. The molecule has 0 amide bonds. The molecule has 0 heterocycles. The molecule has 0 saturated carbocycles. The van der Waals surface area contributed by atoms with Crippen LogP contribution in [0.5, 0.6) is 0 Å². The first-order valence-corrected chi connectivity index (χ1v) is 4.12. The highest BCUT2D eigenvalue weighted by Gasteiger charge is 2.31. The van der Waals surface area contributed by atoms with E-state index in [0.717, 1.165) is 5.56 Å². The lowest BCUT2D eigenvalue weighted by Crippen LogP contribution is -2.48. The van der Waals surface area contributed by atoms with Gasteiger partial charge in [-0.25, -0.2) is 4.79 Å². The Labute approximate surface area is 82.6 Å². The Morgan fingerprint density at radius 3 is 2.50 bits per heavy atom. The number of carboxylic acid groups (broad SMARTS) is 1. The number of aliphatic carboxylic acids is 1. The van der Waals surface area contributed by atoms with Gasteiger partial charge in [0.15, 0.2) is 5.54 Å². The molecule has 3 heteroatoms. The molecule has 0 fully saturated rings. The Morgan fingerprint density at radius 2 is 2.07 bits per heavy atom. The van der Waals surface area contributed by atoms with Crippen molar-refractivity contribution in [2.75, 3.05) is 0 Å². The van der Waals surface area contributed by atoms with E-state index < -0.39 is 11.5 Å². The molecule has 0 aliphatic rings. The average molecular weight is 189 g/mol. The number of hydrogen-bond donors (Lipinski definition) is 2. The van der Waals surface area contributed by atoms with Crippen molar-refractivity contribution in [2.45, 2.75) is 12.0 Å². The summed E-state index contributed by atoms with van der Waals surface area (Å²) in [4.78, 5) is 10.8. The normalized spacial score (nSPS) is 14.0. The summed E-state index contributed by atoms with van der Waals surface area (Å²) < 4.78 is 0. The van der Waals surface area contributed by atoms with Gasteiger partial charge in [0.1, 0.15) is 0 Å². The molecule has 72 valence electrons. The van der Waals surface area contributed by atoms with E-state index in [1.54, 1.807) is 12.1 Å². The number of benzene rings is 1. The maximum absolute atomic E-state index is 10.8. The van der Waals surface area contributed by atoms with E-state index in [9.17, 15) is 4.79 Å². The van der Waals surface area contributed by atoms with Gasteiger partial charge in [-0.1, -0.05) is 36.3 Å². The SMILES string of the molecule is C#CC(N)(Cc1ccccc1)C(=O)O. The minimum absolute atomic E-state index is 0.139. The number of nitrogens with two attached hydrogens (primary N) is 1. The van der Waals surface area contributed by atoms with Crippen LogP contribution in [0.2, 0.25) is 0 Å². The average Bonchev–Trinajstić information content (AvgIpc) is 2.19. The van der Waals surface area contributed by atoms with Crippen molar-refractivity contribution in [1.82, 2.24) is 0 Å². The highest BCUT2D eigenvalue weighted by atomic mass is 16.4. The van der Waals surface area contributed by atoms with Gasteiger partial charge < -0.3 is 10.8 Å². The lowest BCUT2D eigenvalue weighted by molar-refractivity contribution is -0.141. The van der Waals surface area contributed by atoms with Crippen LogP contribution < -0.4 is 5.73 Å². The number of carbonyl (C=O) groups is 1. The Kier molecular flexibility index (Phi) is 2.90. The highest BCUT2D eigenvalue weighted by molar-refractivity contribution is 5.83. The Bertz CT molecular complexity index is 367. The predicted octanol–water partition coefficient (Wildman–Crippen LogP) is 0.644. The van der Waals surface area contributed by atoms with E-state index in [1.807, 2.05) is 18.2 Å². The Hall–Kier alpha value is -1.79. The maximum Gasteiger partial charge on any atom is 0.336 e. The monoisotopic (exact) mass is 189 g/mol. The molecule has 3 N–H and O–H groups in total. The minimum Gasteiger partial charge on any atom is -0.479 e. The van der Waals surface area contributed by atoms with Gasteiger partial charge >= 0.3 is 5.97 Å².